The molecule has 0 spiro atoms. The molecular weight excluding hydrogens is 202 g/mol. The van der Waals surface area contributed by atoms with Crippen LogP contribution in [0.1, 0.15) is 19.4 Å². The first kappa shape index (κ1) is 12.1. The van der Waals surface area contributed by atoms with Crippen LogP contribution in [0.5, 0.6) is 0 Å². The second-order valence-electron chi connectivity index (χ2n) is 3.42. The predicted octanol–water partition coefficient (Wildman–Crippen LogP) is 1.49. The van der Waals surface area contributed by atoms with Crippen molar-refractivity contribution < 1.29 is 4.79 Å². The summed E-state index contributed by atoms with van der Waals surface area (Å²) >= 11 is 0. The Labute approximate surface area is 95.3 Å². The summed E-state index contributed by atoms with van der Waals surface area (Å²) in [4.78, 5) is 11.5. The average Bonchev–Trinajstić information content (AvgIpc) is 2.30. The van der Waals surface area contributed by atoms with Crippen molar-refractivity contribution in [2.24, 2.45) is 0 Å². The molecule has 1 rings (SSSR count). The van der Waals surface area contributed by atoms with Gasteiger partial charge in [0.1, 0.15) is 12.1 Å². The molecule has 4 nitrogen and oxygen atoms in total. The molecule has 1 unspecified atom stereocenters. The molecule has 16 heavy (non-hydrogen) atoms. The van der Waals surface area contributed by atoms with Gasteiger partial charge in [-0.2, -0.15) is 5.26 Å². The summed E-state index contributed by atoms with van der Waals surface area (Å²) in [5.74, 6) is -0.0738. The van der Waals surface area contributed by atoms with Crippen LogP contribution in [0.2, 0.25) is 0 Å². The van der Waals surface area contributed by atoms with E-state index in [1.54, 1.807) is 25.1 Å². The number of carbonyl (C=O) groups excluding carboxylic acids is 1. The van der Waals surface area contributed by atoms with Gasteiger partial charge in [0.2, 0.25) is 5.91 Å². The highest BCUT2D eigenvalue weighted by molar-refractivity contribution is 5.84. The minimum atomic E-state index is -0.352. The lowest BCUT2D eigenvalue weighted by molar-refractivity contribution is -0.121. The van der Waals surface area contributed by atoms with Gasteiger partial charge >= 0.3 is 0 Å². The van der Waals surface area contributed by atoms with Gasteiger partial charge in [-0.05, 0) is 26.0 Å². The Kier molecular flexibility index (Phi) is 4.34. The summed E-state index contributed by atoms with van der Waals surface area (Å²) in [5, 5.41) is 14.6. The Morgan fingerprint density at radius 2 is 2.19 bits per heavy atom. The van der Waals surface area contributed by atoms with Crippen molar-refractivity contribution in [1.29, 1.82) is 5.26 Å². The van der Waals surface area contributed by atoms with Gasteiger partial charge in [0.05, 0.1) is 11.3 Å². The summed E-state index contributed by atoms with van der Waals surface area (Å²) in [6, 6.07) is 8.85. The third-order valence-electron chi connectivity index (χ3n) is 2.16. The molecule has 0 heterocycles. The SMILES string of the molecule is CCNC(=O)C(C)Nc1ccccc1C#N. The van der Waals surface area contributed by atoms with Crippen molar-refractivity contribution in [1.82, 2.24) is 5.32 Å². The molecule has 0 aliphatic heterocycles. The summed E-state index contributed by atoms with van der Waals surface area (Å²) in [7, 11) is 0. The molecule has 4 heteroatoms. The molecule has 84 valence electrons. The second-order valence-corrected chi connectivity index (χ2v) is 3.42. The van der Waals surface area contributed by atoms with Crippen molar-refractivity contribution in [3.8, 4) is 6.07 Å². The minimum absolute atomic E-state index is 0.0738. The Balaban J connectivity index is 2.73. The number of nitriles is 1. The second kappa shape index (κ2) is 5.76. The van der Waals surface area contributed by atoms with Gasteiger partial charge in [0.15, 0.2) is 0 Å². The largest absolute Gasteiger partial charge is 0.373 e. The van der Waals surface area contributed by atoms with Crippen LogP contribution in [-0.2, 0) is 4.79 Å². The van der Waals surface area contributed by atoms with Crippen molar-refractivity contribution in [2.45, 2.75) is 19.9 Å². The van der Waals surface area contributed by atoms with Gasteiger partial charge in [-0.1, -0.05) is 12.1 Å². The molecule has 2 N–H and O–H groups in total. The van der Waals surface area contributed by atoms with Gasteiger partial charge in [0.25, 0.3) is 0 Å². The van der Waals surface area contributed by atoms with E-state index in [0.29, 0.717) is 17.8 Å². The number of para-hydroxylation sites is 1. The van der Waals surface area contributed by atoms with Crippen LogP contribution in [0, 0.1) is 11.3 Å². The van der Waals surface area contributed by atoms with Crippen LogP contribution in [-0.4, -0.2) is 18.5 Å². The Bertz CT molecular complexity index is 409. The van der Waals surface area contributed by atoms with E-state index in [0.717, 1.165) is 0 Å². The first-order valence-electron chi connectivity index (χ1n) is 5.22. The standard InChI is InChI=1S/C12H15N3O/c1-3-14-12(16)9(2)15-11-7-5-4-6-10(11)8-13/h4-7,9,15H,3H2,1-2H3,(H,14,16). The molecule has 1 aromatic rings. The highest BCUT2D eigenvalue weighted by atomic mass is 16.2. The molecule has 1 amide bonds. The lowest BCUT2D eigenvalue weighted by atomic mass is 10.1. The Morgan fingerprint density at radius 3 is 2.81 bits per heavy atom. The van der Waals surface area contributed by atoms with Crippen molar-refractivity contribution in [3.63, 3.8) is 0 Å². The monoisotopic (exact) mass is 217 g/mol. The maximum atomic E-state index is 11.5. The van der Waals surface area contributed by atoms with Gasteiger partial charge in [-0.3, -0.25) is 4.79 Å². The van der Waals surface area contributed by atoms with Crippen LogP contribution in [0.3, 0.4) is 0 Å². The van der Waals surface area contributed by atoms with Crippen molar-refractivity contribution in [3.05, 3.63) is 29.8 Å². The molecule has 1 atom stereocenters. The summed E-state index contributed by atoms with van der Waals surface area (Å²) in [5.41, 5.74) is 1.22. The molecule has 0 aliphatic carbocycles. The third-order valence-corrected chi connectivity index (χ3v) is 2.16. The number of rotatable bonds is 4. The van der Waals surface area contributed by atoms with Crippen LogP contribution in [0.4, 0.5) is 5.69 Å². The number of nitrogens with one attached hydrogen (secondary N) is 2. The zero-order valence-electron chi connectivity index (χ0n) is 9.45. The average molecular weight is 217 g/mol. The first-order chi connectivity index (χ1) is 7.69. The molecule has 1 aromatic carbocycles. The maximum absolute atomic E-state index is 11.5. The van der Waals surface area contributed by atoms with Crippen molar-refractivity contribution in [2.75, 3.05) is 11.9 Å². The smallest absolute Gasteiger partial charge is 0.242 e. The number of benzene rings is 1. The van der Waals surface area contributed by atoms with Gasteiger partial charge in [-0.15, -0.1) is 0 Å². The van der Waals surface area contributed by atoms with E-state index < -0.39 is 0 Å². The van der Waals surface area contributed by atoms with Crippen molar-refractivity contribution >= 4 is 11.6 Å². The Hall–Kier alpha value is -2.02. The zero-order valence-corrected chi connectivity index (χ0v) is 9.45. The Morgan fingerprint density at radius 1 is 1.50 bits per heavy atom. The highest BCUT2D eigenvalue weighted by Crippen LogP contribution is 2.14. The quantitative estimate of drug-likeness (QED) is 0.803. The lowest BCUT2D eigenvalue weighted by Gasteiger charge is -2.15. The van der Waals surface area contributed by atoms with E-state index >= 15 is 0 Å². The number of anilines is 1. The number of hydrogen-bond donors (Lipinski definition) is 2. The number of carbonyl (C=O) groups is 1. The fraction of sp³-hybridized carbons (Fsp3) is 0.333. The fourth-order valence-corrected chi connectivity index (χ4v) is 1.33. The van der Waals surface area contributed by atoms with Crippen LogP contribution >= 0.6 is 0 Å². The molecule has 0 saturated heterocycles. The molecule has 0 fully saturated rings. The van der Waals surface area contributed by atoms with Crippen LogP contribution in [0.15, 0.2) is 24.3 Å². The van der Waals surface area contributed by atoms with Gasteiger partial charge in [-0.25, -0.2) is 0 Å². The maximum Gasteiger partial charge on any atom is 0.242 e. The number of nitrogens with zero attached hydrogens (tertiary/aromatic N) is 1. The number of amides is 1. The topological polar surface area (TPSA) is 64.9 Å². The first-order valence-corrected chi connectivity index (χ1v) is 5.22. The zero-order chi connectivity index (χ0) is 12.0. The molecule has 0 aromatic heterocycles. The summed E-state index contributed by atoms with van der Waals surface area (Å²) < 4.78 is 0. The van der Waals surface area contributed by atoms with E-state index in [9.17, 15) is 4.79 Å². The normalized spacial score (nSPS) is 11.3. The molecule has 0 bridgehead atoms. The minimum Gasteiger partial charge on any atom is -0.373 e. The third kappa shape index (κ3) is 2.99. The van der Waals surface area contributed by atoms with E-state index in [4.69, 9.17) is 5.26 Å². The van der Waals surface area contributed by atoms with Gasteiger partial charge in [0, 0.05) is 6.54 Å². The summed E-state index contributed by atoms with van der Waals surface area (Å²) in [6.07, 6.45) is 0. The van der Waals surface area contributed by atoms with E-state index in [-0.39, 0.29) is 11.9 Å². The van der Waals surface area contributed by atoms with Crippen LogP contribution in [0.25, 0.3) is 0 Å². The lowest BCUT2D eigenvalue weighted by Crippen LogP contribution is -2.37. The molecule has 0 radical (unpaired) electrons. The van der Waals surface area contributed by atoms with Crippen LogP contribution < -0.4 is 10.6 Å². The number of hydrogen-bond acceptors (Lipinski definition) is 3. The highest BCUT2D eigenvalue weighted by Gasteiger charge is 2.12. The van der Waals surface area contributed by atoms with E-state index in [1.807, 2.05) is 13.0 Å². The molecule has 0 aliphatic rings. The molecule has 0 saturated carbocycles. The van der Waals surface area contributed by atoms with E-state index in [2.05, 4.69) is 16.7 Å². The summed E-state index contributed by atoms with van der Waals surface area (Å²) in [6.45, 7) is 4.23. The fourth-order valence-electron chi connectivity index (χ4n) is 1.33. The van der Waals surface area contributed by atoms with E-state index in [1.165, 1.54) is 0 Å². The number of likely N-dealkylation sites (N-methyl/N-ethyl adjacent to an activating group) is 1. The molecular formula is C12H15N3O. The van der Waals surface area contributed by atoms with Gasteiger partial charge < -0.3 is 10.6 Å². The predicted molar refractivity (Wildman–Crippen MR) is 62.9 cm³/mol.